The van der Waals surface area contributed by atoms with Crippen LogP contribution in [0, 0.1) is 35.5 Å². The molecule has 0 aromatic carbocycles. The topological polar surface area (TPSA) is 112 Å². The van der Waals surface area contributed by atoms with Crippen LogP contribution in [0.1, 0.15) is 79.1 Å². The molecule has 3 saturated heterocycles. The minimum Gasteiger partial charge on any atom is -0.462 e. The zero-order chi connectivity index (χ0) is 25.7. The highest BCUT2D eigenvalue weighted by Gasteiger charge is 2.48. The Kier molecular flexibility index (Phi) is 7.70. The van der Waals surface area contributed by atoms with Gasteiger partial charge >= 0.3 is 11.9 Å². The molecule has 5 rings (SSSR count). The molecule has 2 saturated carbocycles. The molecule has 0 unspecified atom stereocenters. The first-order chi connectivity index (χ1) is 17.1. The highest BCUT2D eigenvalue weighted by molar-refractivity contribution is 5.71. The molecule has 5 aliphatic rings. The summed E-state index contributed by atoms with van der Waals surface area (Å²) in [6.07, 6.45) is 0.888. The number of carbonyl (C=O) groups excluding carboxylic acids is 2. The van der Waals surface area contributed by atoms with Gasteiger partial charge in [0.15, 0.2) is 0 Å². The number of esters is 2. The van der Waals surface area contributed by atoms with Crippen molar-refractivity contribution in [2.24, 2.45) is 35.5 Å². The fourth-order valence-electron chi connectivity index (χ4n) is 6.73. The lowest BCUT2D eigenvalue weighted by atomic mass is 9.86. The first kappa shape index (κ1) is 26.4. The predicted molar refractivity (Wildman–Crippen MR) is 130 cm³/mol. The molecule has 0 radical (unpaired) electrons. The van der Waals surface area contributed by atoms with E-state index in [1.807, 2.05) is 13.8 Å². The number of hydrogen-bond donors (Lipinski definition) is 2. The van der Waals surface area contributed by atoms with E-state index >= 15 is 0 Å². The van der Waals surface area contributed by atoms with E-state index in [0.29, 0.717) is 37.5 Å². The minimum absolute atomic E-state index is 0.0877. The van der Waals surface area contributed by atoms with Gasteiger partial charge in [-0.3, -0.25) is 9.59 Å². The molecule has 0 aromatic heterocycles. The largest absolute Gasteiger partial charge is 0.462 e. The van der Waals surface area contributed by atoms with E-state index in [2.05, 4.69) is 13.8 Å². The second-order valence-electron chi connectivity index (χ2n) is 12.6. The third-order valence-electron chi connectivity index (χ3n) is 9.72. The second kappa shape index (κ2) is 10.5. The molecule has 8 nitrogen and oxygen atoms in total. The van der Waals surface area contributed by atoms with Crippen LogP contribution in [-0.4, -0.2) is 71.0 Å². The SMILES string of the molecule is C[C@H]1[C@@H]2CC(=O)O[C@H]([C@H]3C[C@@H]3C)C[C@@H]3C[C@H](O)[C@@H](C)[C@H](CC(=O)O[C@H]([C@H]4C[C@@H]4C)C[C@H](C[C@@H]1O)O2)O3. The van der Waals surface area contributed by atoms with Crippen molar-refractivity contribution in [3.8, 4) is 0 Å². The quantitative estimate of drug-likeness (QED) is 0.548. The van der Waals surface area contributed by atoms with Gasteiger partial charge in [-0.15, -0.1) is 0 Å². The van der Waals surface area contributed by atoms with E-state index < -0.39 is 24.4 Å². The molecule has 204 valence electrons. The highest BCUT2D eigenvalue weighted by atomic mass is 16.6. The summed E-state index contributed by atoms with van der Waals surface area (Å²) in [4.78, 5) is 26.2. The zero-order valence-electron chi connectivity index (χ0n) is 22.1. The van der Waals surface area contributed by atoms with Crippen LogP contribution in [0.25, 0.3) is 0 Å². The zero-order valence-corrected chi connectivity index (χ0v) is 22.1. The lowest BCUT2D eigenvalue weighted by Gasteiger charge is -2.41. The average Bonchev–Trinajstić information content (AvgIpc) is 3.71. The summed E-state index contributed by atoms with van der Waals surface area (Å²) in [5, 5.41) is 21.5. The first-order valence-electron chi connectivity index (χ1n) is 14.1. The van der Waals surface area contributed by atoms with Crippen LogP contribution in [0.4, 0.5) is 0 Å². The van der Waals surface area contributed by atoms with E-state index in [-0.39, 0.29) is 72.9 Å². The van der Waals surface area contributed by atoms with Crippen LogP contribution in [0.15, 0.2) is 0 Å². The molecule has 8 heteroatoms. The van der Waals surface area contributed by atoms with Crippen LogP contribution >= 0.6 is 0 Å². The Balaban J connectivity index is 1.38. The van der Waals surface area contributed by atoms with E-state index in [1.54, 1.807) is 0 Å². The van der Waals surface area contributed by atoms with Crippen LogP contribution in [0.5, 0.6) is 0 Å². The number of hydrogen-bond acceptors (Lipinski definition) is 8. The van der Waals surface area contributed by atoms with Crippen molar-refractivity contribution in [2.75, 3.05) is 0 Å². The molecule has 2 aliphatic carbocycles. The normalized spacial score (nSPS) is 52.2. The molecule has 14 atom stereocenters. The van der Waals surface area contributed by atoms with Crippen molar-refractivity contribution < 1.29 is 38.7 Å². The first-order valence-corrected chi connectivity index (χ1v) is 14.1. The van der Waals surface area contributed by atoms with Crippen molar-refractivity contribution in [1.29, 1.82) is 0 Å². The smallest absolute Gasteiger partial charge is 0.308 e. The molecule has 0 aromatic rings. The maximum atomic E-state index is 13.1. The molecule has 5 fully saturated rings. The lowest BCUT2D eigenvalue weighted by molar-refractivity contribution is -0.184. The predicted octanol–water partition coefficient (Wildman–Crippen LogP) is 3.01. The van der Waals surface area contributed by atoms with Crippen molar-refractivity contribution in [1.82, 2.24) is 0 Å². The summed E-state index contributed by atoms with van der Waals surface area (Å²) >= 11 is 0. The van der Waals surface area contributed by atoms with Gasteiger partial charge in [0.2, 0.25) is 0 Å². The number of carbonyl (C=O) groups is 2. The van der Waals surface area contributed by atoms with E-state index in [4.69, 9.17) is 18.9 Å². The molecule has 3 aliphatic heterocycles. The lowest BCUT2D eigenvalue weighted by Crippen LogP contribution is -2.47. The summed E-state index contributed by atoms with van der Waals surface area (Å²) in [6, 6.07) is 0. The number of rotatable bonds is 2. The van der Waals surface area contributed by atoms with Gasteiger partial charge < -0.3 is 29.2 Å². The number of aliphatic hydroxyl groups excluding tert-OH is 2. The van der Waals surface area contributed by atoms with Gasteiger partial charge in [-0.1, -0.05) is 27.7 Å². The molecule has 0 amide bonds. The standard InChI is InChI=1S/C28H44O8/c1-13-5-19(13)25-9-17-7-21(29)15(3)24(33-17)12-28(32)36-26(20-6-14(20)2)10-18-8-22(30)16(4)23(34-18)11-27(31)35-25/h13-26,29-30H,5-12H2,1-4H3/t13-,14-,15+,16+,17-,18-,19-,20-,21-,22-,23-,24-,25-,26-/m0/s1. The van der Waals surface area contributed by atoms with Gasteiger partial charge in [-0.05, 0) is 36.5 Å². The Bertz CT molecular complexity index is 751. The number of ether oxygens (including phenoxy) is 4. The molecule has 0 spiro atoms. The van der Waals surface area contributed by atoms with E-state index in [9.17, 15) is 19.8 Å². The van der Waals surface area contributed by atoms with Crippen LogP contribution in [0.3, 0.4) is 0 Å². The van der Waals surface area contributed by atoms with Crippen molar-refractivity contribution in [3.63, 3.8) is 0 Å². The number of aliphatic hydroxyl groups is 2. The van der Waals surface area contributed by atoms with Gasteiger partial charge in [0.05, 0.1) is 49.5 Å². The summed E-state index contributed by atoms with van der Waals surface area (Å²) < 4.78 is 24.7. The van der Waals surface area contributed by atoms with Gasteiger partial charge in [0.25, 0.3) is 0 Å². The number of cyclic esters (lactones) is 2. The van der Waals surface area contributed by atoms with E-state index in [1.165, 1.54) is 0 Å². The molecule has 3 heterocycles. The second-order valence-corrected chi connectivity index (χ2v) is 12.6. The highest BCUT2D eigenvalue weighted by Crippen LogP contribution is 2.46. The fourth-order valence-corrected chi connectivity index (χ4v) is 6.73. The molecular weight excluding hydrogens is 464 g/mol. The average molecular weight is 509 g/mol. The Morgan fingerprint density at radius 1 is 0.583 bits per heavy atom. The van der Waals surface area contributed by atoms with Gasteiger partial charge in [-0.2, -0.15) is 0 Å². The van der Waals surface area contributed by atoms with Gasteiger partial charge in [0, 0.05) is 37.5 Å². The molecule has 2 N–H and O–H groups in total. The summed E-state index contributed by atoms with van der Waals surface area (Å²) in [6.45, 7) is 8.13. The Labute approximate surface area is 214 Å². The third kappa shape index (κ3) is 5.92. The van der Waals surface area contributed by atoms with E-state index in [0.717, 1.165) is 12.8 Å². The van der Waals surface area contributed by atoms with Crippen molar-refractivity contribution >= 4 is 11.9 Å². The summed E-state index contributed by atoms with van der Waals surface area (Å²) in [7, 11) is 0. The Morgan fingerprint density at radius 2 is 0.944 bits per heavy atom. The summed E-state index contributed by atoms with van der Waals surface area (Å²) in [5.74, 6) is 0.513. The molecule has 36 heavy (non-hydrogen) atoms. The van der Waals surface area contributed by atoms with Gasteiger partial charge in [-0.25, -0.2) is 0 Å². The van der Waals surface area contributed by atoms with Crippen LogP contribution in [0.2, 0.25) is 0 Å². The van der Waals surface area contributed by atoms with Crippen molar-refractivity contribution in [2.45, 2.75) is 128 Å². The van der Waals surface area contributed by atoms with Gasteiger partial charge in [0.1, 0.15) is 12.2 Å². The Morgan fingerprint density at radius 3 is 1.28 bits per heavy atom. The fraction of sp³-hybridized carbons (Fsp3) is 0.929. The third-order valence-corrected chi connectivity index (χ3v) is 9.72. The van der Waals surface area contributed by atoms with Crippen LogP contribution in [-0.2, 0) is 28.5 Å². The molecular formula is C28H44O8. The Hall–Kier alpha value is -1.22. The monoisotopic (exact) mass is 508 g/mol. The molecule has 4 bridgehead atoms. The summed E-state index contributed by atoms with van der Waals surface area (Å²) in [5.41, 5.74) is 0. The number of fused-ring (bicyclic) bond motifs is 4. The van der Waals surface area contributed by atoms with Crippen LogP contribution < -0.4 is 0 Å². The minimum atomic E-state index is -0.581. The maximum Gasteiger partial charge on any atom is 0.308 e. The maximum absolute atomic E-state index is 13.1. The van der Waals surface area contributed by atoms with Crippen molar-refractivity contribution in [3.05, 3.63) is 0 Å².